The van der Waals surface area contributed by atoms with Crippen molar-refractivity contribution in [2.24, 2.45) is 0 Å². The standard InChI is InChI=1S/C23H33NO2/c1-5-6-7-8-15-25-22-14-10-13-21(16-22)24-17-20(4)26-23-18(2)11-9-12-19(23)3/h9-14,16,20,24H,5-8,15,17H2,1-4H3. The van der Waals surface area contributed by atoms with Gasteiger partial charge in [-0.3, -0.25) is 0 Å². The molecule has 0 aliphatic rings. The normalized spacial score (nSPS) is 11.8. The Morgan fingerprint density at radius 1 is 0.962 bits per heavy atom. The van der Waals surface area contributed by atoms with Crippen molar-refractivity contribution in [1.82, 2.24) is 0 Å². The molecule has 0 bridgehead atoms. The Bertz CT molecular complexity index is 649. The Morgan fingerprint density at radius 3 is 2.42 bits per heavy atom. The lowest BCUT2D eigenvalue weighted by atomic mass is 10.1. The van der Waals surface area contributed by atoms with Crippen LogP contribution in [0.5, 0.6) is 11.5 Å². The lowest BCUT2D eigenvalue weighted by Crippen LogP contribution is -2.23. The Morgan fingerprint density at radius 2 is 1.69 bits per heavy atom. The number of hydrogen-bond donors (Lipinski definition) is 1. The van der Waals surface area contributed by atoms with Crippen LogP contribution in [0.15, 0.2) is 42.5 Å². The van der Waals surface area contributed by atoms with Gasteiger partial charge in [0.1, 0.15) is 17.6 Å². The Labute approximate surface area is 158 Å². The van der Waals surface area contributed by atoms with Crippen LogP contribution >= 0.6 is 0 Å². The summed E-state index contributed by atoms with van der Waals surface area (Å²) in [5, 5.41) is 3.45. The largest absolute Gasteiger partial charge is 0.494 e. The van der Waals surface area contributed by atoms with Crippen LogP contribution < -0.4 is 14.8 Å². The Hall–Kier alpha value is -2.16. The molecule has 1 atom stereocenters. The maximum atomic E-state index is 6.14. The molecule has 0 amide bonds. The third-order valence-electron chi connectivity index (χ3n) is 4.42. The fraction of sp³-hybridized carbons (Fsp3) is 0.478. The summed E-state index contributed by atoms with van der Waals surface area (Å²) >= 11 is 0. The summed E-state index contributed by atoms with van der Waals surface area (Å²) < 4.78 is 12.0. The number of nitrogens with one attached hydrogen (secondary N) is 1. The number of aryl methyl sites for hydroxylation is 2. The molecule has 2 aromatic rings. The summed E-state index contributed by atoms with van der Waals surface area (Å²) in [5.74, 6) is 1.92. The van der Waals surface area contributed by atoms with Crippen LogP contribution in [0, 0.1) is 13.8 Å². The SMILES string of the molecule is CCCCCCOc1cccc(NCC(C)Oc2c(C)cccc2C)c1. The average molecular weight is 356 g/mol. The molecule has 0 aliphatic carbocycles. The highest BCUT2D eigenvalue weighted by atomic mass is 16.5. The van der Waals surface area contributed by atoms with E-state index < -0.39 is 0 Å². The van der Waals surface area contributed by atoms with Gasteiger partial charge in [0.2, 0.25) is 0 Å². The monoisotopic (exact) mass is 355 g/mol. The average Bonchev–Trinajstić information content (AvgIpc) is 2.63. The molecule has 0 saturated carbocycles. The summed E-state index contributed by atoms with van der Waals surface area (Å²) in [6, 6.07) is 14.4. The second kappa shape index (κ2) is 10.7. The second-order valence-electron chi connectivity index (χ2n) is 6.97. The summed E-state index contributed by atoms with van der Waals surface area (Å²) in [5.41, 5.74) is 3.42. The number of anilines is 1. The van der Waals surface area contributed by atoms with Gasteiger partial charge in [-0.15, -0.1) is 0 Å². The summed E-state index contributed by atoms with van der Waals surface area (Å²) in [7, 11) is 0. The van der Waals surface area contributed by atoms with Crippen LogP contribution in [-0.2, 0) is 0 Å². The van der Waals surface area contributed by atoms with Crippen LogP contribution in [0.4, 0.5) is 5.69 Å². The third kappa shape index (κ3) is 6.62. The predicted octanol–water partition coefficient (Wildman–Crippen LogP) is 6.14. The zero-order chi connectivity index (χ0) is 18.8. The molecular weight excluding hydrogens is 322 g/mol. The summed E-state index contributed by atoms with van der Waals surface area (Å²) in [6.45, 7) is 10.0. The zero-order valence-electron chi connectivity index (χ0n) is 16.7. The molecule has 0 spiro atoms. The first-order valence-electron chi connectivity index (χ1n) is 9.79. The predicted molar refractivity (Wildman–Crippen MR) is 111 cm³/mol. The van der Waals surface area contributed by atoms with Crippen LogP contribution in [0.25, 0.3) is 0 Å². The number of hydrogen-bond acceptors (Lipinski definition) is 3. The number of benzene rings is 2. The highest BCUT2D eigenvalue weighted by molar-refractivity contribution is 5.48. The molecule has 2 aromatic carbocycles. The molecule has 1 unspecified atom stereocenters. The van der Waals surface area contributed by atoms with Gasteiger partial charge in [0.15, 0.2) is 0 Å². The molecular formula is C23H33NO2. The molecule has 26 heavy (non-hydrogen) atoms. The van der Waals surface area contributed by atoms with Crippen molar-refractivity contribution >= 4 is 5.69 Å². The van der Waals surface area contributed by atoms with Gasteiger partial charge < -0.3 is 14.8 Å². The minimum Gasteiger partial charge on any atom is -0.494 e. The van der Waals surface area contributed by atoms with E-state index in [2.05, 4.69) is 63.3 Å². The van der Waals surface area contributed by atoms with E-state index in [0.29, 0.717) is 0 Å². The highest BCUT2D eigenvalue weighted by Gasteiger charge is 2.09. The molecule has 0 saturated heterocycles. The van der Waals surface area contributed by atoms with E-state index in [1.807, 2.05) is 12.1 Å². The van der Waals surface area contributed by atoms with E-state index in [-0.39, 0.29) is 6.10 Å². The van der Waals surface area contributed by atoms with Gasteiger partial charge in [0.25, 0.3) is 0 Å². The van der Waals surface area contributed by atoms with Crippen molar-refractivity contribution in [3.8, 4) is 11.5 Å². The zero-order valence-corrected chi connectivity index (χ0v) is 16.7. The summed E-state index contributed by atoms with van der Waals surface area (Å²) in [6.07, 6.45) is 4.96. The van der Waals surface area contributed by atoms with Crippen LogP contribution in [0.3, 0.4) is 0 Å². The van der Waals surface area contributed by atoms with Crippen LogP contribution in [0.1, 0.15) is 50.7 Å². The minimum atomic E-state index is 0.0772. The van der Waals surface area contributed by atoms with Crippen molar-refractivity contribution in [1.29, 1.82) is 0 Å². The maximum Gasteiger partial charge on any atom is 0.125 e. The van der Waals surface area contributed by atoms with Gasteiger partial charge in [-0.05, 0) is 50.5 Å². The maximum absolute atomic E-state index is 6.14. The fourth-order valence-corrected chi connectivity index (χ4v) is 2.90. The van der Waals surface area contributed by atoms with Gasteiger partial charge in [-0.2, -0.15) is 0 Å². The van der Waals surface area contributed by atoms with E-state index in [1.165, 1.54) is 30.4 Å². The molecule has 0 fully saturated rings. The van der Waals surface area contributed by atoms with Crippen molar-refractivity contribution in [2.45, 2.75) is 59.5 Å². The van der Waals surface area contributed by atoms with Crippen molar-refractivity contribution in [3.63, 3.8) is 0 Å². The van der Waals surface area contributed by atoms with Crippen molar-refractivity contribution in [2.75, 3.05) is 18.5 Å². The van der Waals surface area contributed by atoms with Gasteiger partial charge in [-0.25, -0.2) is 0 Å². The lowest BCUT2D eigenvalue weighted by molar-refractivity contribution is 0.231. The van der Waals surface area contributed by atoms with E-state index in [4.69, 9.17) is 9.47 Å². The topological polar surface area (TPSA) is 30.5 Å². The molecule has 0 aliphatic heterocycles. The highest BCUT2D eigenvalue weighted by Crippen LogP contribution is 2.24. The van der Waals surface area contributed by atoms with Gasteiger partial charge in [0.05, 0.1) is 13.2 Å². The molecule has 1 N–H and O–H groups in total. The number of ether oxygens (including phenoxy) is 2. The smallest absolute Gasteiger partial charge is 0.125 e. The van der Waals surface area contributed by atoms with E-state index in [1.54, 1.807) is 0 Å². The fourth-order valence-electron chi connectivity index (χ4n) is 2.90. The van der Waals surface area contributed by atoms with Crippen molar-refractivity contribution < 1.29 is 9.47 Å². The van der Waals surface area contributed by atoms with Gasteiger partial charge >= 0.3 is 0 Å². The molecule has 3 nitrogen and oxygen atoms in total. The molecule has 0 radical (unpaired) electrons. The van der Waals surface area contributed by atoms with E-state index in [9.17, 15) is 0 Å². The van der Waals surface area contributed by atoms with Gasteiger partial charge in [-0.1, -0.05) is 50.5 Å². The van der Waals surface area contributed by atoms with Gasteiger partial charge in [0, 0.05) is 11.8 Å². The van der Waals surface area contributed by atoms with Crippen LogP contribution in [-0.4, -0.2) is 19.3 Å². The first kappa shape index (κ1) is 20.2. The Kier molecular flexibility index (Phi) is 8.33. The molecule has 0 heterocycles. The van der Waals surface area contributed by atoms with Crippen LogP contribution in [0.2, 0.25) is 0 Å². The molecule has 142 valence electrons. The first-order chi connectivity index (χ1) is 12.6. The minimum absolute atomic E-state index is 0.0772. The van der Waals surface area contributed by atoms with E-state index in [0.717, 1.165) is 36.8 Å². The number of rotatable bonds is 11. The number of unbranched alkanes of at least 4 members (excludes halogenated alkanes) is 3. The van der Waals surface area contributed by atoms with E-state index >= 15 is 0 Å². The molecule has 3 heteroatoms. The first-order valence-corrected chi connectivity index (χ1v) is 9.79. The molecule has 2 rings (SSSR count). The summed E-state index contributed by atoms with van der Waals surface area (Å²) in [4.78, 5) is 0. The quantitative estimate of drug-likeness (QED) is 0.491. The van der Waals surface area contributed by atoms with Crippen molar-refractivity contribution in [3.05, 3.63) is 53.6 Å². The molecule has 0 aromatic heterocycles. The third-order valence-corrected chi connectivity index (χ3v) is 4.42. The number of para-hydroxylation sites is 1. The second-order valence-corrected chi connectivity index (χ2v) is 6.97. The lowest BCUT2D eigenvalue weighted by Gasteiger charge is -2.19. The Balaban J connectivity index is 1.80.